The van der Waals surface area contributed by atoms with Crippen molar-refractivity contribution in [1.82, 2.24) is 0 Å². The maximum absolute atomic E-state index is 3.41. The molecule has 0 amide bonds. The molecule has 47 heavy (non-hydrogen) atoms. The van der Waals surface area contributed by atoms with E-state index < -0.39 is 0 Å². The summed E-state index contributed by atoms with van der Waals surface area (Å²) in [7, 11) is 6.81. The Bertz CT molecular complexity index is 735. The Morgan fingerprint density at radius 2 is 0.511 bits per heavy atom. The molecule has 0 aromatic carbocycles. The van der Waals surface area contributed by atoms with Gasteiger partial charge >= 0.3 is 16.5 Å². The molecule has 6 saturated carbocycles. The molecule has 5 heteroatoms. The van der Waals surface area contributed by atoms with Crippen LogP contribution in [-0.4, -0.2) is 10.3 Å². The normalized spacial score (nSPS) is 25.7. The Balaban J connectivity index is 0.000000307. The average Bonchev–Trinajstić information content (AvgIpc) is 3.12. The summed E-state index contributed by atoms with van der Waals surface area (Å²) in [5.74, 6) is 5.54. The zero-order chi connectivity index (χ0) is 30.5. The van der Waals surface area contributed by atoms with Crippen LogP contribution in [0, 0.1) is 35.5 Å². The van der Waals surface area contributed by atoms with E-state index in [2.05, 4.69) is 42.8 Å². The minimum atomic E-state index is 0. The topological polar surface area (TPSA) is 0 Å². The standard InChI is InChI=1S/2C21H37P.2ClH.Ni/c2*22-21(19-12-6-2-7-13-19,20-14-8-3-9-15-20)17-16-18-10-4-1-5-11-18;;;/h2*16-20H,1-15,22H2;2*1H;/q;;;;+2/p-2. The summed E-state index contributed by atoms with van der Waals surface area (Å²) in [5, 5.41) is 0.858. The third-order valence-electron chi connectivity index (χ3n) is 13.9. The maximum atomic E-state index is 3.41. The zero-order valence-electron chi connectivity index (χ0n) is 30.2. The first-order chi connectivity index (χ1) is 21.6. The van der Waals surface area contributed by atoms with E-state index in [-0.39, 0.29) is 41.3 Å². The summed E-state index contributed by atoms with van der Waals surface area (Å²) in [5.41, 5.74) is 0. The largest absolute Gasteiger partial charge is 2.00 e. The fourth-order valence-corrected chi connectivity index (χ4v) is 12.4. The Morgan fingerprint density at radius 3 is 0.723 bits per heavy atom. The molecule has 0 heterocycles. The third kappa shape index (κ3) is 13.4. The van der Waals surface area contributed by atoms with Crippen molar-refractivity contribution in [2.75, 3.05) is 0 Å². The van der Waals surface area contributed by atoms with Crippen LogP contribution >= 0.6 is 18.5 Å². The average molecular weight is 771 g/mol. The number of hydrogen-bond donors (Lipinski definition) is 0. The van der Waals surface area contributed by atoms with Gasteiger partial charge in [0.1, 0.15) is 0 Å². The van der Waals surface area contributed by atoms with E-state index in [0.29, 0.717) is 10.3 Å². The van der Waals surface area contributed by atoms with Crippen LogP contribution in [0.3, 0.4) is 0 Å². The van der Waals surface area contributed by atoms with Gasteiger partial charge in [0.15, 0.2) is 0 Å². The molecule has 6 aliphatic rings. The van der Waals surface area contributed by atoms with Crippen LogP contribution in [0.25, 0.3) is 0 Å². The molecule has 0 nitrogen and oxygen atoms in total. The van der Waals surface area contributed by atoms with Gasteiger partial charge < -0.3 is 24.8 Å². The molecule has 0 spiro atoms. The fraction of sp³-hybridized carbons (Fsp3) is 0.905. The first kappa shape index (κ1) is 44.6. The molecule has 2 atom stereocenters. The minimum Gasteiger partial charge on any atom is -1.00 e. The van der Waals surface area contributed by atoms with Crippen LogP contribution in [0.2, 0.25) is 0 Å². The fourth-order valence-electron chi connectivity index (χ4n) is 10.9. The van der Waals surface area contributed by atoms with E-state index in [9.17, 15) is 0 Å². The van der Waals surface area contributed by atoms with Gasteiger partial charge in [-0.25, -0.2) is 0 Å². The molecule has 0 saturated heterocycles. The molecule has 2 unspecified atom stereocenters. The van der Waals surface area contributed by atoms with Crippen molar-refractivity contribution < 1.29 is 41.3 Å². The van der Waals surface area contributed by atoms with E-state index in [1.807, 2.05) is 0 Å². The van der Waals surface area contributed by atoms with E-state index >= 15 is 0 Å². The van der Waals surface area contributed by atoms with E-state index in [1.165, 1.54) is 193 Å². The van der Waals surface area contributed by atoms with Gasteiger partial charge in [-0.05, 0) is 113 Å². The number of allylic oxidation sites excluding steroid dienone is 4. The van der Waals surface area contributed by atoms with E-state index in [0.717, 1.165) is 35.5 Å². The van der Waals surface area contributed by atoms with E-state index in [4.69, 9.17) is 0 Å². The Labute approximate surface area is 320 Å². The number of rotatable bonds is 8. The van der Waals surface area contributed by atoms with Crippen molar-refractivity contribution in [3.05, 3.63) is 24.3 Å². The molecule has 6 fully saturated rings. The van der Waals surface area contributed by atoms with Gasteiger partial charge in [-0.3, -0.25) is 0 Å². The molecule has 0 aliphatic heterocycles. The monoisotopic (exact) mass is 768 g/mol. The Morgan fingerprint density at radius 1 is 0.319 bits per heavy atom. The second-order valence-corrected chi connectivity index (χ2v) is 18.9. The second-order valence-electron chi connectivity index (χ2n) is 16.9. The second kappa shape index (κ2) is 23.9. The molecular weight excluding hydrogens is 696 g/mol. The third-order valence-corrected chi connectivity index (χ3v) is 16.1. The summed E-state index contributed by atoms with van der Waals surface area (Å²) in [6.45, 7) is 0. The van der Waals surface area contributed by atoms with Crippen molar-refractivity contribution in [3.8, 4) is 0 Å². The van der Waals surface area contributed by atoms with Gasteiger partial charge in [0.25, 0.3) is 0 Å². The first-order valence-corrected chi connectivity index (χ1v) is 21.7. The van der Waals surface area contributed by atoms with Gasteiger partial charge in [0, 0.05) is 10.3 Å². The SMILES string of the molecule is PC(C=CC1CCCCC1)(C1CCCCC1)C1CCCCC1.PC(C=CC1CCCCC1)(C1CCCCC1)C1CCCCC1.[Cl-].[Cl-].[Ni+2]. The van der Waals surface area contributed by atoms with Crippen LogP contribution in [0.5, 0.6) is 0 Å². The predicted octanol–water partition coefficient (Wildman–Crippen LogP) is 7.80. The van der Waals surface area contributed by atoms with E-state index in [1.54, 1.807) is 0 Å². The van der Waals surface area contributed by atoms with Crippen molar-refractivity contribution in [1.29, 1.82) is 0 Å². The Kier molecular flexibility index (Phi) is 22.6. The smallest absolute Gasteiger partial charge is 1.00 e. The van der Waals surface area contributed by atoms with Gasteiger partial charge in [-0.15, -0.1) is 18.5 Å². The first-order valence-electron chi connectivity index (χ1n) is 20.5. The van der Waals surface area contributed by atoms with Crippen LogP contribution in [0.4, 0.5) is 0 Å². The molecule has 0 radical (unpaired) electrons. The molecule has 0 bridgehead atoms. The van der Waals surface area contributed by atoms with Gasteiger partial charge in [0.2, 0.25) is 0 Å². The van der Waals surface area contributed by atoms with Crippen molar-refractivity contribution in [2.24, 2.45) is 35.5 Å². The summed E-state index contributed by atoms with van der Waals surface area (Å²) < 4.78 is 0. The summed E-state index contributed by atoms with van der Waals surface area (Å²) >= 11 is 0. The van der Waals surface area contributed by atoms with Crippen molar-refractivity contribution >= 4 is 18.5 Å². The van der Waals surface area contributed by atoms with Crippen molar-refractivity contribution in [3.63, 3.8) is 0 Å². The molecule has 0 N–H and O–H groups in total. The molecule has 0 aromatic rings. The van der Waals surface area contributed by atoms with Crippen LogP contribution in [-0.2, 0) is 16.5 Å². The van der Waals surface area contributed by atoms with Crippen LogP contribution in [0.15, 0.2) is 24.3 Å². The molecule has 0 aromatic heterocycles. The zero-order valence-corrected chi connectivity index (χ0v) is 35.0. The maximum Gasteiger partial charge on any atom is 2.00 e. The molecular formula is C42H74Cl2NiP2. The number of halogens is 2. The van der Waals surface area contributed by atoms with Gasteiger partial charge in [-0.2, -0.15) is 0 Å². The van der Waals surface area contributed by atoms with Gasteiger partial charge in [-0.1, -0.05) is 140 Å². The van der Waals surface area contributed by atoms with Gasteiger partial charge in [0.05, 0.1) is 0 Å². The van der Waals surface area contributed by atoms with Crippen molar-refractivity contribution in [2.45, 2.75) is 203 Å². The minimum absolute atomic E-state index is 0. The quantitative estimate of drug-likeness (QED) is 0.134. The van der Waals surface area contributed by atoms with Crippen LogP contribution < -0.4 is 24.8 Å². The Hall–Kier alpha value is 1.41. The summed E-state index contributed by atoms with van der Waals surface area (Å²) in [4.78, 5) is 0. The predicted molar refractivity (Wildman–Crippen MR) is 203 cm³/mol. The van der Waals surface area contributed by atoms with Crippen LogP contribution in [0.1, 0.15) is 193 Å². The summed E-state index contributed by atoms with van der Waals surface area (Å²) in [6.07, 6.45) is 55.0. The number of hydrogen-bond acceptors (Lipinski definition) is 0. The molecule has 276 valence electrons. The molecule has 6 aliphatic carbocycles. The summed E-state index contributed by atoms with van der Waals surface area (Å²) in [6, 6.07) is 0. The molecule has 6 rings (SSSR count).